The van der Waals surface area contributed by atoms with Crippen LogP contribution in [0.4, 0.5) is 5.82 Å². The Morgan fingerprint density at radius 1 is 1.50 bits per heavy atom. The van der Waals surface area contributed by atoms with E-state index in [1.807, 2.05) is 0 Å². The minimum absolute atomic E-state index is 0.201. The Balaban J connectivity index is 2.05. The average Bonchev–Trinajstić information content (AvgIpc) is 3.04. The summed E-state index contributed by atoms with van der Waals surface area (Å²) in [5.41, 5.74) is -1.04. The van der Waals surface area contributed by atoms with Gasteiger partial charge in [0.05, 0.1) is 0 Å². The van der Waals surface area contributed by atoms with Crippen LogP contribution >= 0.6 is 0 Å². The van der Waals surface area contributed by atoms with Crippen LogP contribution in [-0.2, 0) is 0 Å². The summed E-state index contributed by atoms with van der Waals surface area (Å²) >= 11 is 0. The van der Waals surface area contributed by atoms with E-state index in [9.17, 15) is 9.59 Å². The van der Waals surface area contributed by atoms with Gasteiger partial charge in [0.25, 0.3) is 5.56 Å². The summed E-state index contributed by atoms with van der Waals surface area (Å²) < 4.78 is 0. The first-order valence-corrected chi connectivity index (χ1v) is 5.64. The van der Waals surface area contributed by atoms with E-state index in [0.29, 0.717) is 0 Å². The molecule has 1 heterocycles. The molecule has 0 aliphatic heterocycles. The van der Waals surface area contributed by atoms with Gasteiger partial charge in [-0.3, -0.25) is 9.78 Å². The van der Waals surface area contributed by atoms with Gasteiger partial charge in [-0.25, -0.2) is 9.89 Å². The number of aromatic amines is 2. The highest BCUT2D eigenvalue weighted by Gasteiger charge is 2.25. The van der Waals surface area contributed by atoms with E-state index in [1.165, 1.54) is 12.8 Å². The lowest BCUT2D eigenvalue weighted by Crippen LogP contribution is -2.30. The predicted molar refractivity (Wildman–Crippen MR) is 60.5 cm³/mol. The Labute approximate surface area is 92.5 Å². The third-order valence-electron chi connectivity index (χ3n) is 2.86. The standard InChI is InChI=1S/C10H16N4O2/c1-2-7(5-6-3-4-6)11-8-9(15)12-10(16)14-13-8/h6-7H,2-5H2,1H3,(H,11,13)(H2,12,14,15,16). The van der Waals surface area contributed by atoms with E-state index < -0.39 is 11.2 Å². The first-order chi connectivity index (χ1) is 7.69. The normalized spacial score (nSPS) is 17.1. The Kier molecular flexibility index (Phi) is 3.07. The number of anilines is 1. The van der Waals surface area contributed by atoms with E-state index in [0.717, 1.165) is 18.8 Å². The highest BCUT2D eigenvalue weighted by atomic mass is 16.2. The lowest BCUT2D eigenvalue weighted by molar-refractivity contribution is 0.582. The lowest BCUT2D eigenvalue weighted by atomic mass is 10.1. The molecule has 1 saturated carbocycles. The zero-order chi connectivity index (χ0) is 11.5. The van der Waals surface area contributed by atoms with Gasteiger partial charge in [-0.05, 0) is 18.8 Å². The van der Waals surface area contributed by atoms with Crippen LogP contribution < -0.4 is 16.6 Å². The first-order valence-electron chi connectivity index (χ1n) is 5.64. The second-order valence-electron chi connectivity index (χ2n) is 4.28. The maximum Gasteiger partial charge on any atom is 0.342 e. The molecule has 0 bridgehead atoms. The number of nitrogens with zero attached hydrogens (tertiary/aromatic N) is 1. The number of rotatable bonds is 5. The maximum atomic E-state index is 11.4. The van der Waals surface area contributed by atoms with E-state index >= 15 is 0 Å². The Morgan fingerprint density at radius 3 is 2.81 bits per heavy atom. The maximum absolute atomic E-state index is 11.4. The lowest BCUT2D eigenvalue weighted by Gasteiger charge is -2.15. The second-order valence-corrected chi connectivity index (χ2v) is 4.28. The van der Waals surface area contributed by atoms with Gasteiger partial charge in [-0.1, -0.05) is 19.8 Å². The van der Waals surface area contributed by atoms with Crippen molar-refractivity contribution in [2.24, 2.45) is 5.92 Å². The fourth-order valence-corrected chi connectivity index (χ4v) is 1.72. The molecule has 0 aromatic carbocycles. The van der Waals surface area contributed by atoms with E-state index in [2.05, 4.69) is 27.4 Å². The smallest absolute Gasteiger partial charge is 0.342 e. The van der Waals surface area contributed by atoms with Crippen LogP contribution in [0, 0.1) is 5.92 Å². The Bertz CT molecular complexity index is 460. The second kappa shape index (κ2) is 4.51. The van der Waals surface area contributed by atoms with Crippen LogP contribution in [0.5, 0.6) is 0 Å². The fraction of sp³-hybridized carbons (Fsp3) is 0.700. The fourth-order valence-electron chi connectivity index (χ4n) is 1.72. The van der Waals surface area contributed by atoms with Gasteiger partial charge in [-0.15, -0.1) is 5.10 Å². The summed E-state index contributed by atoms with van der Waals surface area (Å²) in [5, 5.41) is 8.99. The van der Waals surface area contributed by atoms with Crippen LogP contribution in [0.1, 0.15) is 32.6 Å². The number of nitrogens with one attached hydrogen (secondary N) is 3. The van der Waals surface area contributed by atoms with Crippen molar-refractivity contribution in [3.63, 3.8) is 0 Å². The van der Waals surface area contributed by atoms with Crippen molar-refractivity contribution in [1.82, 2.24) is 15.2 Å². The minimum atomic E-state index is -0.578. The SMILES string of the molecule is CCC(CC1CC1)Nc1n[nH]c(=O)[nH]c1=O. The molecule has 0 amide bonds. The minimum Gasteiger partial charge on any atom is -0.361 e. The van der Waals surface area contributed by atoms with Gasteiger partial charge in [-0.2, -0.15) is 0 Å². The van der Waals surface area contributed by atoms with Gasteiger partial charge in [0.1, 0.15) is 0 Å². The average molecular weight is 224 g/mol. The highest BCUT2D eigenvalue weighted by Crippen LogP contribution is 2.34. The van der Waals surface area contributed by atoms with Crippen LogP contribution in [0.2, 0.25) is 0 Å². The van der Waals surface area contributed by atoms with Crippen molar-refractivity contribution >= 4 is 5.82 Å². The molecule has 2 rings (SSSR count). The van der Waals surface area contributed by atoms with Crippen molar-refractivity contribution < 1.29 is 0 Å². The molecule has 0 spiro atoms. The van der Waals surface area contributed by atoms with Crippen LogP contribution in [-0.4, -0.2) is 21.2 Å². The molecule has 1 unspecified atom stereocenters. The van der Waals surface area contributed by atoms with Gasteiger partial charge in [0.15, 0.2) is 0 Å². The van der Waals surface area contributed by atoms with Crippen LogP contribution in [0.15, 0.2) is 9.59 Å². The Hall–Kier alpha value is -1.59. The van der Waals surface area contributed by atoms with E-state index in [4.69, 9.17) is 0 Å². The monoisotopic (exact) mass is 224 g/mol. The zero-order valence-electron chi connectivity index (χ0n) is 9.25. The topological polar surface area (TPSA) is 90.6 Å². The molecule has 1 aromatic heterocycles. The molecule has 1 fully saturated rings. The van der Waals surface area contributed by atoms with Crippen molar-refractivity contribution in [3.05, 3.63) is 20.8 Å². The molecule has 1 aromatic rings. The summed E-state index contributed by atoms with van der Waals surface area (Å²) in [6.07, 6.45) is 4.58. The molecule has 0 saturated heterocycles. The quantitative estimate of drug-likeness (QED) is 0.677. The third-order valence-corrected chi connectivity index (χ3v) is 2.86. The van der Waals surface area contributed by atoms with Gasteiger partial charge in [0.2, 0.25) is 5.82 Å². The molecule has 6 heteroatoms. The van der Waals surface area contributed by atoms with Crippen molar-refractivity contribution in [3.8, 4) is 0 Å². The summed E-state index contributed by atoms with van der Waals surface area (Å²) in [4.78, 5) is 24.3. The van der Waals surface area contributed by atoms with Gasteiger partial charge >= 0.3 is 5.69 Å². The summed E-state index contributed by atoms with van der Waals surface area (Å²) in [7, 11) is 0. The van der Waals surface area contributed by atoms with Gasteiger partial charge in [0, 0.05) is 6.04 Å². The molecule has 0 radical (unpaired) electrons. The summed E-state index contributed by atoms with van der Waals surface area (Å²) in [5.74, 6) is 0.992. The van der Waals surface area contributed by atoms with E-state index in [-0.39, 0.29) is 11.9 Å². The zero-order valence-corrected chi connectivity index (χ0v) is 9.25. The number of aromatic nitrogens is 3. The van der Waals surface area contributed by atoms with Crippen LogP contribution in [0.3, 0.4) is 0 Å². The molecule has 1 atom stereocenters. The molecule has 1 aliphatic carbocycles. The third kappa shape index (κ3) is 2.71. The number of H-pyrrole nitrogens is 2. The molecule has 1 aliphatic rings. The predicted octanol–water partition coefficient (Wildman–Crippen LogP) is 0.449. The van der Waals surface area contributed by atoms with Gasteiger partial charge < -0.3 is 5.32 Å². The first kappa shape index (κ1) is 10.9. The van der Waals surface area contributed by atoms with Crippen molar-refractivity contribution in [2.45, 2.75) is 38.6 Å². The molecular weight excluding hydrogens is 208 g/mol. The number of hydrogen-bond acceptors (Lipinski definition) is 4. The van der Waals surface area contributed by atoms with Crippen molar-refractivity contribution in [1.29, 1.82) is 0 Å². The highest BCUT2D eigenvalue weighted by molar-refractivity contribution is 5.30. The largest absolute Gasteiger partial charge is 0.361 e. The van der Waals surface area contributed by atoms with E-state index in [1.54, 1.807) is 0 Å². The van der Waals surface area contributed by atoms with Crippen molar-refractivity contribution in [2.75, 3.05) is 5.32 Å². The Morgan fingerprint density at radius 2 is 2.25 bits per heavy atom. The molecule has 88 valence electrons. The molecular formula is C10H16N4O2. The molecule has 3 N–H and O–H groups in total. The molecule has 16 heavy (non-hydrogen) atoms. The summed E-state index contributed by atoms with van der Waals surface area (Å²) in [6, 6.07) is 0.256. The van der Waals surface area contributed by atoms with Crippen LogP contribution in [0.25, 0.3) is 0 Å². The summed E-state index contributed by atoms with van der Waals surface area (Å²) in [6.45, 7) is 2.07. The number of hydrogen-bond donors (Lipinski definition) is 3. The molecule has 6 nitrogen and oxygen atoms in total.